The van der Waals surface area contributed by atoms with E-state index in [1.807, 2.05) is 0 Å². The summed E-state index contributed by atoms with van der Waals surface area (Å²) in [5.74, 6) is -10.9. The molecule has 0 aromatic heterocycles. The summed E-state index contributed by atoms with van der Waals surface area (Å²) in [5.41, 5.74) is -1.78. The zero-order valence-electron chi connectivity index (χ0n) is 20.5. The topological polar surface area (TPSA) is 259 Å². The second-order valence-corrected chi connectivity index (χ2v) is 9.61. The van der Waals surface area contributed by atoms with Crippen molar-refractivity contribution in [2.45, 2.75) is 30.3 Å². The molecule has 14 nitrogen and oxygen atoms in total. The van der Waals surface area contributed by atoms with Gasteiger partial charge in [0.15, 0.2) is 11.4 Å². The van der Waals surface area contributed by atoms with Crippen molar-refractivity contribution >= 4 is 29.2 Å². The molecule has 1 saturated carbocycles. The molecule has 0 spiro atoms. The molecule has 6 atom stereocenters. The first-order chi connectivity index (χ1) is 17.5. The largest absolute Gasteiger partial charge is 0.508 e. The smallest absolute Gasteiger partial charge is 0.329 e. The molecule has 4 rings (SSSR count). The summed E-state index contributed by atoms with van der Waals surface area (Å²) in [6, 6.07) is 2.50. The number of nitrogens with two attached hydrogens (primary N) is 1. The molecule has 14 heteroatoms. The first-order valence-electron chi connectivity index (χ1n) is 11.2. The Labute approximate surface area is 215 Å². The lowest BCUT2D eigenvalue weighted by Gasteiger charge is -2.55. The van der Waals surface area contributed by atoms with Crippen molar-refractivity contribution < 1.29 is 60.0 Å². The average molecular weight is 536 g/mol. The van der Waals surface area contributed by atoms with E-state index in [0.29, 0.717) is 0 Å². The van der Waals surface area contributed by atoms with Crippen molar-refractivity contribution in [2.24, 2.45) is 17.6 Å². The number of hydrogen-bond acceptors (Lipinski definition) is 12. The van der Waals surface area contributed by atoms with E-state index in [0.717, 1.165) is 0 Å². The van der Waals surface area contributed by atoms with Crippen LogP contribution in [0, 0.1) is 11.8 Å². The van der Waals surface area contributed by atoms with Crippen molar-refractivity contribution in [3.8, 4) is 5.75 Å². The summed E-state index contributed by atoms with van der Waals surface area (Å²) in [6.45, 7) is 0.475. The predicted molar refractivity (Wildman–Crippen MR) is 126 cm³/mol. The van der Waals surface area contributed by atoms with E-state index in [9.17, 15) is 45.0 Å². The number of carboxylic acids is 1. The Kier molecular flexibility index (Phi) is 7.18. The number of aromatic hydroxyl groups is 1. The number of carbonyl (C=O) groups is 4. The highest BCUT2D eigenvalue weighted by Gasteiger charge is 2.70. The molecule has 0 bridgehead atoms. The van der Waals surface area contributed by atoms with Gasteiger partial charge in [0.25, 0.3) is 5.91 Å². The molecule has 3 aliphatic carbocycles. The predicted octanol–water partition coefficient (Wildman–Crippen LogP) is -2.34. The number of likely N-dealkylation sites (N-methyl/N-ethyl adjacent to an activating group) is 1. The SMILES string of the molecule is CN(C)[C@@H]1C(=O)C(C(N)=O)=C(O)[C@@]2(O)C(=O)C3=C(O)c4c(O)cccc4[C@@](C)(O)[C@H]3[C@H](O)[C@@H]12.O=C(O)CO. The van der Waals surface area contributed by atoms with Gasteiger partial charge in [-0.25, -0.2) is 4.79 Å². The van der Waals surface area contributed by atoms with E-state index in [2.05, 4.69) is 0 Å². The number of Topliss-reactive ketones (excluding diaryl/α,β-unsaturated/α-hetero) is 2. The zero-order chi connectivity index (χ0) is 29.1. The summed E-state index contributed by atoms with van der Waals surface area (Å²) in [4.78, 5) is 49.0. The molecular formula is C24H28N2O12. The van der Waals surface area contributed by atoms with Crippen LogP contribution in [0.2, 0.25) is 0 Å². The van der Waals surface area contributed by atoms with Gasteiger partial charge in [-0.15, -0.1) is 0 Å². The molecule has 1 aromatic rings. The van der Waals surface area contributed by atoms with E-state index in [4.69, 9.17) is 20.7 Å². The Bertz CT molecular complexity index is 1300. The monoisotopic (exact) mass is 536 g/mol. The number of hydrogen-bond donors (Lipinski definition) is 9. The minimum Gasteiger partial charge on any atom is -0.508 e. The van der Waals surface area contributed by atoms with Gasteiger partial charge in [-0.3, -0.25) is 19.3 Å². The Morgan fingerprint density at radius 3 is 2.13 bits per heavy atom. The van der Waals surface area contributed by atoms with Crippen LogP contribution < -0.4 is 5.73 Å². The molecule has 0 aliphatic heterocycles. The fourth-order valence-electron chi connectivity index (χ4n) is 5.60. The zero-order valence-corrected chi connectivity index (χ0v) is 20.5. The number of phenolic OH excluding ortho intramolecular Hbond substituents is 1. The fraction of sp³-hybridized carbons (Fsp3) is 0.417. The number of phenols is 1. The number of rotatable bonds is 3. The number of carboxylic acid groups (broad SMARTS) is 1. The molecular weight excluding hydrogens is 508 g/mol. The van der Waals surface area contributed by atoms with Crippen LogP contribution in [0.15, 0.2) is 35.1 Å². The lowest BCUT2D eigenvalue weighted by atomic mass is 9.53. The van der Waals surface area contributed by atoms with Gasteiger partial charge in [0.05, 0.1) is 40.7 Å². The Morgan fingerprint density at radius 2 is 1.66 bits per heavy atom. The molecule has 38 heavy (non-hydrogen) atoms. The third-order valence-corrected chi connectivity index (χ3v) is 7.17. The first-order valence-corrected chi connectivity index (χ1v) is 11.2. The van der Waals surface area contributed by atoms with Gasteiger partial charge >= 0.3 is 5.97 Å². The number of amides is 1. The highest BCUT2D eigenvalue weighted by molar-refractivity contribution is 6.24. The lowest BCUT2D eigenvalue weighted by molar-refractivity contribution is -0.181. The van der Waals surface area contributed by atoms with Crippen LogP contribution in [0.4, 0.5) is 0 Å². The molecule has 1 fully saturated rings. The van der Waals surface area contributed by atoms with E-state index >= 15 is 0 Å². The molecule has 0 unspecified atom stereocenters. The van der Waals surface area contributed by atoms with Gasteiger partial charge in [-0.05, 0) is 32.6 Å². The van der Waals surface area contributed by atoms with E-state index < -0.39 is 93.6 Å². The molecule has 1 amide bonds. The van der Waals surface area contributed by atoms with Crippen molar-refractivity contribution in [1.29, 1.82) is 0 Å². The van der Waals surface area contributed by atoms with Gasteiger partial charge in [0, 0.05) is 0 Å². The number of aliphatic hydroxyl groups excluding tert-OH is 4. The van der Waals surface area contributed by atoms with Crippen molar-refractivity contribution in [1.82, 2.24) is 4.90 Å². The van der Waals surface area contributed by atoms with Crippen LogP contribution in [-0.4, -0.2) is 108 Å². The number of primary amides is 1. The van der Waals surface area contributed by atoms with Crippen LogP contribution >= 0.6 is 0 Å². The maximum absolute atomic E-state index is 13.7. The first kappa shape index (κ1) is 28.7. The van der Waals surface area contributed by atoms with Gasteiger partial charge in [0.2, 0.25) is 5.78 Å². The van der Waals surface area contributed by atoms with Gasteiger partial charge < -0.3 is 46.6 Å². The Balaban J connectivity index is 0.000000732. The third kappa shape index (κ3) is 3.85. The third-order valence-electron chi connectivity index (χ3n) is 7.17. The van der Waals surface area contributed by atoms with Crippen molar-refractivity contribution in [3.63, 3.8) is 0 Å². The maximum Gasteiger partial charge on any atom is 0.329 e. The number of aliphatic hydroxyl groups is 6. The molecule has 206 valence electrons. The number of ketones is 2. The second kappa shape index (κ2) is 9.49. The second-order valence-electron chi connectivity index (χ2n) is 9.61. The van der Waals surface area contributed by atoms with E-state index in [-0.39, 0.29) is 11.1 Å². The van der Waals surface area contributed by atoms with Gasteiger partial charge in [-0.2, -0.15) is 0 Å². The number of benzene rings is 1. The molecule has 0 heterocycles. The average Bonchev–Trinajstić information content (AvgIpc) is 2.81. The molecule has 0 radical (unpaired) electrons. The highest BCUT2D eigenvalue weighted by Crippen LogP contribution is 2.57. The standard InChI is InChI=1S/C22H24N2O9.C2H4O3/c1-21(32)7-5-4-6-8(25)9(7)15(26)10-12(21)17(28)13-14(24(2)3)16(27)11(20(23)31)19(30)22(13,33)18(10)29;3-1-2(4)5/h4-6,12-14,17,25-26,28,30,32-33H,1-3H3,(H2,23,31);3H,1H2,(H,4,5)/t12-,13-,14+,17+,21-,22+;/m1./s1. The van der Waals surface area contributed by atoms with Crippen LogP contribution in [0.1, 0.15) is 18.1 Å². The normalized spacial score (nSPS) is 32.2. The van der Waals surface area contributed by atoms with Crippen molar-refractivity contribution in [3.05, 3.63) is 46.2 Å². The quantitative estimate of drug-likeness (QED) is 0.184. The number of carbonyl (C=O) groups excluding carboxylic acids is 3. The van der Waals surface area contributed by atoms with E-state index in [1.165, 1.54) is 44.1 Å². The summed E-state index contributed by atoms with van der Waals surface area (Å²) < 4.78 is 0. The molecule has 10 N–H and O–H groups in total. The fourth-order valence-corrected chi connectivity index (χ4v) is 5.60. The minimum absolute atomic E-state index is 0.00664. The van der Waals surface area contributed by atoms with Crippen LogP contribution in [-0.2, 0) is 24.8 Å². The van der Waals surface area contributed by atoms with Crippen molar-refractivity contribution in [2.75, 3.05) is 20.7 Å². The van der Waals surface area contributed by atoms with Gasteiger partial charge in [0.1, 0.15) is 29.4 Å². The van der Waals surface area contributed by atoms with Gasteiger partial charge in [-0.1, -0.05) is 12.1 Å². The Hall–Kier alpha value is -3.82. The maximum atomic E-state index is 13.7. The summed E-state index contributed by atoms with van der Waals surface area (Å²) in [7, 11) is 2.80. The Morgan fingerprint density at radius 1 is 1.11 bits per heavy atom. The minimum atomic E-state index is -3.02. The number of aliphatic carboxylic acids is 1. The van der Waals surface area contributed by atoms with Crippen LogP contribution in [0.5, 0.6) is 5.75 Å². The summed E-state index contributed by atoms with van der Waals surface area (Å²) in [5, 5.41) is 81.4. The van der Waals surface area contributed by atoms with Crippen LogP contribution in [0.25, 0.3) is 5.76 Å². The van der Waals surface area contributed by atoms with Crippen LogP contribution in [0.3, 0.4) is 0 Å². The molecule has 3 aliphatic rings. The lowest BCUT2D eigenvalue weighted by Crippen LogP contribution is -2.71. The number of fused-ring (bicyclic) bond motifs is 3. The van der Waals surface area contributed by atoms with E-state index in [1.54, 1.807) is 0 Å². The molecule has 0 saturated heterocycles. The highest BCUT2D eigenvalue weighted by atomic mass is 16.4. The molecule has 1 aromatic carbocycles. The summed E-state index contributed by atoms with van der Waals surface area (Å²) >= 11 is 0. The number of nitrogens with zero attached hydrogens (tertiary/aromatic N) is 1. The summed E-state index contributed by atoms with van der Waals surface area (Å²) in [6.07, 6.45) is -1.87.